The number of anilines is 1. The first-order chi connectivity index (χ1) is 13.0. The lowest BCUT2D eigenvalue weighted by Crippen LogP contribution is -2.33. The molecule has 0 spiro atoms. The van der Waals surface area contributed by atoms with Gasteiger partial charge in [-0.05, 0) is 54.8 Å². The Morgan fingerprint density at radius 2 is 1.56 bits per heavy atom. The predicted molar refractivity (Wildman–Crippen MR) is 97.5 cm³/mol. The number of halogens is 1. The quantitative estimate of drug-likeness (QED) is 0.763. The van der Waals surface area contributed by atoms with Crippen LogP contribution in [-0.4, -0.2) is 28.7 Å². The molecule has 4 rings (SSSR count). The molecule has 0 aromatic heterocycles. The second-order valence-electron chi connectivity index (χ2n) is 6.96. The van der Waals surface area contributed by atoms with E-state index in [9.17, 15) is 18.8 Å². The molecule has 1 saturated heterocycles. The monoisotopic (exact) mass is 366 g/mol. The molecule has 1 saturated carbocycles. The molecule has 0 radical (unpaired) electrons. The van der Waals surface area contributed by atoms with Gasteiger partial charge in [0.25, 0.3) is 5.91 Å². The van der Waals surface area contributed by atoms with E-state index < -0.39 is 0 Å². The predicted octanol–water partition coefficient (Wildman–Crippen LogP) is 3.28. The first-order valence-electron chi connectivity index (χ1n) is 9.04. The zero-order valence-electron chi connectivity index (χ0n) is 14.7. The fraction of sp³-hybridized carbons (Fsp3) is 0.286. The lowest BCUT2D eigenvalue weighted by Gasteiger charge is -2.23. The summed E-state index contributed by atoms with van der Waals surface area (Å²) >= 11 is 0. The van der Waals surface area contributed by atoms with Crippen LogP contribution in [0.15, 0.2) is 48.5 Å². The summed E-state index contributed by atoms with van der Waals surface area (Å²) in [7, 11) is 0. The molecular formula is C21H19FN2O3. The average Bonchev–Trinajstić information content (AvgIpc) is 3.46. The van der Waals surface area contributed by atoms with E-state index in [1.54, 1.807) is 41.3 Å². The van der Waals surface area contributed by atoms with Crippen molar-refractivity contribution in [2.75, 3.05) is 4.90 Å². The molecule has 2 aliphatic rings. The van der Waals surface area contributed by atoms with Crippen molar-refractivity contribution in [1.29, 1.82) is 0 Å². The Bertz CT molecular complexity index is 873. The summed E-state index contributed by atoms with van der Waals surface area (Å²) in [5, 5.41) is 0. The van der Waals surface area contributed by atoms with Gasteiger partial charge >= 0.3 is 0 Å². The fourth-order valence-corrected chi connectivity index (χ4v) is 3.32. The minimum atomic E-state index is -0.301. The van der Waals surface area contributed by atoms with Gasteiger partial charge < -0.3 is 4.90 Å². The Labute approximate surface area is 156 Å². The number of nitrogens with zero attached hydrogens (tertiary/aromatic N) is 2. The number of benzene rings is 2. The van der Waals surface area contributed by atoms with Crippen LogP contribution in [0.4, 0.5) is 10.1 Å². The molecule has 138 valence electrons. The molecule has 3 amide bonds. The highest BCUT2D eigenvalue weighted by Crippen LogP contribution is 2.30. The molecule has 5 nitrogen and oxygen atoms in total. The molecule has 2 aromatic rings. The normalized spacial score (nSPS) is 16.7. The minimum absolute atomic E-state index is 0.104. The number of amides is 3. The minimum Gasteiger partial charge on any atom is -0.331 e. The second kappa shape index (κ2) is 6.95. The van der Waals surface area contributed by atoms with Gasteiger partial charge in [-0.2, -0.15) is 0 Å². The SMILES string of the molecule is O=C1CCC(=O)N1c1ccc(C(=O)N(Cc2ccc(F)cc2)C2CC2)cc1. The molecule has 0 N–H and O–H groups in total. The van der Waals surface area contributed by atoms with Crippen molar-refractivity contribution in [2.24, 2.45) is 0 Å². The maximum absolute atomic E-state index is 13.1. The zero-order valence-corrected chi connectivity index (χ0v) is 14.7. The van der Waals surface area contributed by atoms with Gasteiger partial charge in [0.1, 0.15) is 5.82 Å². The maximum Gasteiger partial charge on any atom is 0.254 e. The molecule has 0 unspecified atom stereocenters. The fourth-order valence-electron chi connectivity index (χ4n) is 3.32. The van der Waals surface area contributed by atoms with Crippen LogP contribution in [0.2, 0.25) is 0 Å². The lowest BCUT2D eigenvalue weighted by molar-refractivity contribution is -0.121. The van der Waals surface area contributed by atoms with Gasteiger partial charge in [-0.3, -0.25) is 19.3 Å². The van der Waals surface area contributed by atoms with Crippen molar-refractivity contribution in [3.8, 4) is 0 Å². The van der Waals surface area contributed by atoms with Gasteiger partial charge in [0.15, 0.2) is 0 Å². The third-order valence-corrected chi connectivity index (χ3v) is 4.94. The van der Waals surface area contributed by atoms with Crippen molar-refractivity contribution in [1.82, 2.24) is 4.90 Å². The Balaban J connectivity index is 1.52. The third kappa shape index (κ3) is 3.60. The first kappa shape index (κ1) is 17.4. The summed E-state index contributed by atoms with van der Waals surface area (Å²) in [5.41, 5.74) is 1.88. The van der Waals surface area contributed by atoms with Crippen LogP contribution in [0, 0.1) is 5.82 Å². The molecular weight excluding hydrogens is 347 g/mol. The van der Waals surface area contributed by atoms with Crippen molar-refractivity contribution in [3.63, 3.8) is 0 Å². The summed E-state index contributed by atoms with van der Waals surface area (Å²) in [5.74, 6) is -0.831. The van der Waals surface area contributed by atoms with E-state index in [-0.39, 0.29) is 42.4 Å². The van der Waals surface area contributed by atoms with Gasteiger partial charge in [-0.15, -0.1) is 0 Å². The molecule has 6 heteroatoms. The van der Waals surface area contributed by atoms with Crippen LogP contribution in [0.25, 0.3) is 0 Å². The Morgan fingerprint density at radius 3 is 2.11 bits per heavy atom. The van der Waals surface area contributed by atoms with Crippen LogP contribution < -0.4 is 4.90 Å². The summed E-state index contributed by atoms with van der Waals surface area (Å²) < 4.78 is 13.1. The third-order valence-electron chi connectivity index (χ3n) is 4.94. The topological polar surface area (TPSA) is 57.7 Å². The van der Waals surface area contributed by atoms with Crippen molar-refractivity contribution >= 4 is 23.4 Å². The number of imide groups is 1. The summed E-state index contributed by atoms with van der Waals surface area (Å²) in [4.78, 5) is 39.6. The number of carbonyl (C=O) groups excluding carboxylic acids is 3. The smallest absolute Gasteiger partial charge is 0.254 e. The van der Waals surface area contributed by atoms with E-state index in [1.165, 1.54) is 17.0 Å². The highest BCUT2D eigenvalue weighted by molar-refractivity contribution is 6.19. The first-order valence-corrected chi connectivity index (χ1v) is 9.04. The van der Waals surface area contributed by atoms with Crippen LogP contribution in [0.3, 0.4) is 0 Å². The Hall–Kier alpha value is -3.02. The zero-order chi connectivity index (χ0) is 19.0. The van der Waals surface area contributed by atoms with E-state index in [0.717, 1.165) is 18.4 Å². The lowest BCUT2D eigenvalue weighted by atomic mass is 10.1. The number of hydrogen-bond acceptors (Lipinski definition) is 3. The second-order valence-corrected chi connectivity index (χ2v) is 6.96. The van der Waals surface area contributed by atoms with Crippen LogP contribution >= 0.6 is 0 Å². The molecule has 27 heavy (non-hydrogen) atoms. The van der Waals surface area contributed by atoms with Gasteiger partial charge in [-0.1, -0.05) is 12.1 Å². The van der Waals surface area contributed by atoms with Crippen LogP contribution in [0.1, 0.15) is 41.6 Å². The maximum atomic E-state index is 13.1. The van der Waals surface area contributed by atoms with E-state index in [4.69, 9.17) is 0 Å². The van der Waals surface area contributed by atoms with Crippen molar-refractivity contribution in [2.45, 2.75) is 38.3 Å². The van der Waals surface area contributed by atoms with E-state index in [1.807, 2.05) is 0 Å². The highest BCUT2D eigenvalue weighted by atomic mass is 19.1. The molecule has 1 heterocycles. The Kier molecular flexibility index (Phi) is 4.48. The van der Waals surface area contributed by atoms with Crippen LogP contribution in [-0.2, 0) is 16.1 Å². The van der Waals surface area contributed by atoms with E-state index >= 15 is 0 Å². The molecule has 2 fully saturated rings. The summed E-state index contributed by atoms with van der Waals surface area (Å²) in [6.45, 7) is 0.425. The van der Waals surface area contributed by atoms with E-state index in [0.29, 0.717) is 17.8 Å². The molecule has 1 aliphatic carbocycles. The average molecular weight is 366 g/mol. The van der Waals surface area contributed by atoms with Gasteiger partial charge in [0, 0.05) is 31.0 Å². The summed E-state index contributed by atoms with van der Waals surface area (Å²) in [6, 6.07) is 12.9. The number of hydrogen-bond donors (Lipinski definition) is 0. The van der Waals surface area contributed by atoms with Crippen molar-refractivity contribution < 1.29 is 18.8 Å². The largest absolute Gasteiger partial charge is 0.331 e. The highest BCUT2D eigenvalue weighted by Gasteiger charge is 2.34. The van der Waals surface area contributed by atoms with Crippen molar-refractivity contribution in [3.05, 3.63) is 65.5 Å². The number of carbonyl (C=O) groups is 3. The molecule has 2 aromatic carbocycles. The molecule has 0 bridgehead atoms. The van der Waals surface area contributed by atoms with Gasteiger partial charge in [-0.25, -0.2) is 4.39 Å². The van der Waals surface area contributed by atoms with Crippen LogP contribution in [0.5, 0.6) is 0 Å². The van der Waals surface area contributed by atoms with E-state index in [2.05, 4.69) is 0 Å². The summed E-state index contributed by atoms with van der Waals surface area (Å²) in [6.07, 6.45) is 2.38. The van der Waals surface area contributed by atoms with Gasteiger partial charge in [0.05, 0.1) is 5.69 Å². The standard InChI is InChI=1S/C21H19FN2O3/c22-16-5-1-14(2-6-16)13-23(17-9-10-17)21(27)15-3-7-18(8-4-15)24-19(25)11-12-20(24)26/h1-8,17H,9-13H2. The Morgan fingerprint density at radius 1 is 0.963 bits per heavy atom. The molecule has 0 atom stereocenters. The molecule has 1 aliphatic heterocycles. The number of rotatable bonds is 5. The van der Waals surface area contributed by atoms with Gasteiger partial charge in [0.2, 0.25) is 11.8 Å².